The van der Waals surface area contributed by atoms with E-state index in [1.165, 1.54) is 7.11 Å². The monoisotopic (exact) mass is 246 g/mol. The molecule has 0 saturated carbocycles. The highest BCUT2D eigenvalue weighted by Crippen LogP contribution is 2.38. The highest BCUT2D eigenvalue weighted by atomic mass is 16.5. The van der Waals surface area contributed by atoms with Crippen LogP contribution in [0.25, 0.3) is 0 Å². The van der Waals surface area contributed by atoms with E-state index in [2.05, 4.69) is 0 Å². The molecule has 0 aromatic heterocycles. The van der Waals surface area contributed by atoms with Gasteiger partial charge in [-0.1, -0.05) is 30.3 Å². The lowest BCUT2D eigenvalue weighted by Gasteiger charge is -2.26. The standard InChI is InChI=1S/C15H18O3/c1-17-13-10-6-9-12(14(13)15(16)18-2)11-7-4-3-5-8-11/h3-5,7-8,12H,6,9-10H2,1-2H3. The molecular formula is C15H18O3. The molecule has 1 aliphatic carbocycles. The molecule has 0 amide bonds. The summed E-state index contributed by atoms with van der Waals surface area (Å²) >= 11 is 0. The number of benzene rings is 1. The summed E-state index contributed by atoms with van der Waals surface area (Å²) in [5.74, 6) is 0.574. The second-order valence-electron chi connectivity index (χ2n) is 4.39. The Balaban J connectivity index is 2.42. The lowest BCUT2D eigenvalue weighted by Crippen LogP contribution is -2.20. The fourth-order valence-electron chi connectivity index (χ4n) is 2.54. The molecule has 1 aromatic rings. The quantitative estimate of drug-likeness (QED) is 0.769. The number of esters is 1. The molecule has 0 saturated heterocycles. The van der Waals surface area contributed by atoms with Crippen molar-refractivity contribution in [1.29, 1.82) is 0 Å². The maximum atomic E-state index is 12.0. The van der Waals surface area contributed by atoms with Crippen LogP contribution in [0.3, 0.4) is 0 Å². The van der Waals surface area contributed by atoms with Crippen LogP contribution in [-0.4, -0.2) is 20.2 Å². The van der Waals surface area contributed by atoms with Gasteiger partial charge in [-0.15, -0.1) is 0 Å². The van der Waals surface area contributed by atoms with Gasteiger partial charge < -0.3 is 9.47 Å². The minimum absolute atomic E-state index is 0.0855. The molecule has 96 valence electrons. The SMILES string of the molecule is COC(=O)C1=C(OC)CCCC1c1ccccc1. The van der Waals surface area contributed by atoms with Gasteiger partial charge in [0.25, 0.3) is 0 Å². The van der Waals surface area contributed by atoms with E-state index in [0.717, 1.165) is 30.6 Å². The third-order valence-corrected chi connectivity index (χ3v) is 3.40. The summed E-state index contributed by atoms with van der Waals surface area (Å²) in [4.78, 5) is 12.0. The molecule has 0 fully saturated rings. The first-order valence-corrected chi connectivity index (χ1v) is 6.18. The van der Waals surface area contributed by atoms with Crippen molar-refractivity contribution in [2.45, 2.75) is 25.2 Å². The van der Waals surface area contributed by atoms with E-state index < -0.39 is 0 Å². The first kappa shape index (κ1) is 12.7. The molecule has 0 N–H and O–H groups in total. The van der Waals surface area contributed by atoms with Gasteiger partial charge in [0.05, 0.1) is 19.8 Å². The fraction of sp³-hybridized carbons (Fsp3) is 0.400. The molecule has 1 aromatic carbocycles. The molecule has 1 atom stereocenters. The first-order valence-electron chi connectivity index (χ1n) is 6.18. The van der Waals surface area contributed by atoms with Crippen molar-refractivity contribution in [2.24, 2.45) is 0 Å². The van der Waals surface area contributed by atoms with Gasteiger partial charge in [0, 0.05) is 12.3 Å². The van der Waals surface area contributed by atoms with Crippen LogP contribution >= 0.6 is 0 Å². The van der Waals surface area contributed by atoms with Crippen molar-refractivity contribution < 1.29 is 14.3 Å². The molecule has 0 heterocycles. The van der Waals surface area contributed by atoms with Crippen molar-refractivity contribution >= 4 is 5.97 Å². The molecule has 0 bridgehead atoms. The number of carbonyl (C=O) groups excluding carboxylic acids is 1. The van der Waals surface area contributed by atoms with Crippen molar-refractivity contribution in [3.05, 3.63) is 47.2 Å². The fourth-order valence-corrected chi connectivity index (χ4v) is 2.54. The van der Waals surface area contributed by atoms with Gasteiger partial charge in [0.1, 0.15) is 5.76 Å². The van der Waals surface area contributed by atoms with Crippen LogP contribution in [0.15, 0.2) is 41.7 Å². The highest BCUT2D eigenvalue weighted by molar-refractivity contribution is 5.91. The normalized spacial score (nSPS) is 19.6. The molecule has 18 heavy (non-hydrogen) atoms. The Labute approximate surface area is 107 Å². The number of hydrogen-bond donors (Lipinski definition) is 0. The van der Waals surface area contributed by atoms with Crippen molar-refractivity contribution in [2.75, 3.05) is 14.2 Å². The summed E-state index contributed by atoms with van der Waals surface area (Å²) in [6, 6.07) is 10.1. The van der Waals surface area contributed by atoms with Gasteiger partial charge in [-0.3, -0.25) is 0 Å². The molecule has 0 aliphatic heterocycles. The van der Waals surface area contributed by atoms with Crippen LogP contribution in [0, 0.1) is 0 Å². The number of carbonyl (C=O) groups is 1. The first-order chi connectivity index (χ1) is 8.77. The van der Waals surface area contributed by atoms with Gasteiger partial charge in [-0.05, 0) is 18.4 Å². The van der Waals surface area contributed by atoms with Gasteiger partial charge in [0.15, 0.2) is 0 Å². The van der Waals surface area contributed by atoms with E-state index in [1.807, 2.05) is 30.3 Å². The van der Waals surface area contributed by atoms with Crippen molar-refractivity contribution in [1.82, 2.24) is 0 Å². The average molecular weight is 246 g/mol. The maximum absolute atomic E-state index is 12.0. The van der Waals surface area contributed by atoms with Crippen LogP contribution in [0.2, 0.25) is 0 Å². The van der Waals surface area contributed by atoms with Crippen molar-refractivity contribution in [3.8, 4) is 0 Å². The zero-order valence-corrected chi connectivity index (χ0v) is 10.8. The van der Waals surface area contributed by atoms with Gasteiger partial charge in [0.2, 0.25) is 0 Å². The Bertz CT molecular complexity index is 448. The predicted octanol–water partition coefficient (Wildman–Crippen LogP) is 3.03. The Morgan fingerprint density at radius 1 is 1.22 bits per heavy atom. The lowest BCUT2D eigenvalue weighted by atomic mass is 9.81. The summed E-state index contributed by atoms with van der Waals surface area (Å²) < 4.78 is 10.3. The van der Waals surface area contributed by atoms with E-state index in [1.54, 1.807) is 7.11 Å². The summed E-state index contributed by atoms with van der Waals surface area (Å²) in [5, 5.41) is 0. The number of hydrogen-bond acceptors (Lipinski definition) is 3. The third kappa shape index (κ3) is 2.40. The van der Waals surface area contributed by atoms with E-state index >= 15 is 0 Å². The largest absolute Gasteiger partial charge is 0.501 e. The molecule has 1 unspecified atom stereocenters. The molecule has 1 aliphatic rings. The highest BCUT2D eigenvalue weighted by Gasteiger charge is 2.30. The van der Waals surface area contributed by atoms with Gasteiger partial charge >= 0.3 is 5.97 Å². The number of rotatable bonds is 3. The van der Waals surface area contributed by atoms with Crippen LogP contribution < -0.4 is 0 Å². The van der Waals surface area contributed by atoms with Crippen molar-refractivity contribution in [3.63, 3.8) is 0 Å². The molecule has 0 radical (unpaired) electrons. The summed E-state index contributed by atoms with van der Waals surface area (Å²) in [6.45, 7) is 0. The van der Waals surface area contributed by atoms with Crippen LogP contribution in [0.1, 0.15) is 30.7 Å². The molecule has 3 heteroatoms. The molecular weight excluding hydrogens is 228 g/mol. The predicted molar refractivity (Wildman–Crippen MR) is 69.1 cm³/mol. The molecule has 0 spiro atoms. The van der Waals surface area contributed by atoms with Gasteiger partial charge in [-0.25, -0.2) is 4.79 Å². The van der Waals surface area contributed by atoms with E-state index in [9.17, 15) is 4.79 Å². The maximum Gasteiger partial charge on any atom is 0.337 e. The Morgan fingerprint density at radius 3 is 2.56 bits per heavy atom. The minimum Gasteiger partial charge on any atom is -0.501 e. The van der Waals surface area contributed by atoms with Crippen LogP contribution in [0.5, 0.6) is 0 Å². The average Bonchev–Trinajstić information content (AvgIpc) is 2.46. The Kier molecular flexibility index (Phi) is 4.03. The second-order valence-corrected chi connectivity index (χ2v) is 4.39. The lowest BCUT2D eigenvalue weighted by molar-refractivity contribution is -0.136. The number of methoxy groups -OCH3 is 2. The zero-order chi connectivity index (χ0) is 13.0. The smallest absolute Gasteiger partial charge is 0.337 e. The molecule has 2 rings (SSSR count). The minimum atomic E-state index is -0.277. The van der Waals surface area contributed by atoms with Gasteiger partial charge in [-0.2, -0.15) is 0 Å². The molecule has 3 nitrogen and oxygen atoms in total. The Hall–Kier alpha value is -1.77. The summed E-state index contributed by atoms with van der Waals surface area (Å²) in [5.41, 5.74) is 1.82. The zero-order valence-electron chi connectivity index (χ0n) is 10.8. The van der Waals surface area contributed by atoms with Crippen LogP contribution in [-0.2, 0) is 14.3 Å². The third-order valence-electron chi connectivity index (χ3n) is 3.40. The number of ether oxygens (including phenoxy) is 2. The number of allylic oxidation sites excluding steroid dienone is 1. The summed E-state index contributed by atoms with van der Waals surface area (Å²) in [7, 11) is 3.03. The Morgan fingerprint density at radius 2 is 1.94 bits per heavy atom. The second kappa shape index (κ2) is 5.71. The topological polar surface area (TPSA) is 35.5 Å². The van der Waals surface area contributed by atoms with E-state index in [4.69, 9.17) is 9.47 Å². The van der Waals surface area contributed by atoms with Crippen LogP contribution in [0.4, 0.5) is 0 Å². The summed E-state index contributed by atoms with van der Waals surface area (Å²) in [6.07, 6.45) is 2.80. The van der Waals surface area contributed by atoms with E-state index in [-0.39, 0.29) is 11.9 Å². The van der Waals surface area contributed by atoms with E-state index in [0.29, 0.717) is 5.57 Å².